The number of hydrogen-bond donors (Lipinski definition) is 1. The standard InChI is InChI=1S/C18H22N2O2S/c1-14(15-6-4-3-5-7-15)20(2)23(21,22)18-9-8-16-10-11-19-13-17(16)12-18/h3-9,12,14,19H,10-11,13H2,1-2H3. The number of nitrogens with zero attached hydrogens (tertiary/aromatic N) is 1. The molecule has 2 aromatic rings. The Labute approximate surface area is 138 Å². The van der Waals surface area contributed by atoms with Gasteiger partial charge >= 0.3 is 0 Å². The Bertz CT molecular complexity index is 788. The molecule has 5 heteroatoms. The molecule has 0 aliphatic carbocycles. The van der Waals surface area contributed by atoms with Crippen LogP contribution in [0.3, 0.4) is 0 Å². The SMILES string of the molecule is CC(c1ccccc1)N(C)S(=O)(=O)c1ccc2c(c1)CNCC2. The Kier molecular flexibility index (Phi) is 4.53. The molecule has 0 bridgehead atoms. The van der Waals surface area contributed by atoms with E-state index in [0.717, 1.165) is 30.6 Å². The molecule has 0 radical (unpaired) electrons. The Morgan fingerprint density at radius 2 is 1.83 bits per heavy atom. The number of sulfonamides is 1. The van der Waals surface area contributed by atoms with E-state index in [-0.39, 0.29) is 6.04 Å². The highest BCUT2D eigenvalue weighted by Gasteiger charge is 2.27. The van der Waals surface area contributed by atoms with Crippen molar-refractivity contribution in [3.8, 4) is 0 Å². The van der Waals surface area contributed by atoms with Gasteiger partial charge in [-0.15, -0.1) is 0 Å². The van der Waals surface area contributed by atoms with Crippen LogP contribution >= 0.6 is 0 Å². The Balaban J connectivity index is 1.91. The zero-order valence-corrected chi connectivity index (χ0v) is 14.3. The summed E-state index contributed by atoms with van der Waals surface area (Å²) in [7, 11) is -1.87. The van der Waals surface area contributed by atoms with E-state index in [1.54, 1.807) is 13.1 Å². The molecular weight excluding hydrogens is 308 g/mol. The van der Waals surface area contributed by atoms with Crippen LogP contribution in [0.15, 0.2) is 53.4 Å². The summed E-state index contributed by atoms with van der Waals surface area (Å²) in [6, 6.07) is 15.0. The average molecular weight is 330 g/mol. The Morgan fingerprint density at radius 3 is 2.57 bits per heavy atom. The third kappa shape index (κ3) is 3.17. The van der Waals surface area contributed by atoms with E-state index in [1.807, 2.05) is 49.4 Å². The molecule has 0 fully saturated rings. The summed E-state index contributed by atoms with van der Waals surface area (Å²) >= 11 is 0. The van der Waals surface area contributed by atoms with Gasteiger partial charge in [0.2, 0.25) is 10.0 Å². The molecule has 1 heterocycles. The van der Waals surface area contributed by atoms with Crippen molar-refractivity contribution in [1.82, 2.24) is 9.62 Å². The van der Waals surface area contributed by atoms with Crippen LogP contribution in [0.2, 0.25) is 0 Å². The third-order valence-corrected chi connectivity index (χ3v) is 6.49. The van der Waals surface area contributed by atoms with Crippen LogP contribution in [0, 0.1) is 0 Å². The van der Waals surface area contributed by atoms with E-state index < -0.39 is 10.0 Å². The molecule has 0 saturated carbocycles. The smallest absolute Gasteiger partial charge is 0.243 e. The molecule has 0 saturated heterocycles. The van der Waals surface area contributed by atoms with Crippen LogP contribution in [0.25, 0.3) is 0 Å². The summed E-state index contributed by atoms with van der Waals surface area (Å²) < 4.78 is 27.3. The van der Waals surface area contributed by atoms with Gasteiger partial charge in [-0.05, 0) is 48.7 Å². The van der Waals surface area contributed by atoms with Crippen molar-refractivity contribution in [3.05, 3.63) is 65.2 Å². The molecule has 1 unspecified atom stereocenters. The van der Waals surface area contributed by atoms with Crippen LogP contribution < -0.4 is 5.32 Å². The maximum absolute atomic E-state index is 12.9. The van der Waals surface area contributed by atoms with Gasteiger partial charge in [-0.2, -0.15) is 4.31 Å². The van der Waals surface area contributed by atoms with E-state index in [1.165, 1.54) is 9.87 Å². The quantitative estimate of drug-likeness (QED) is 0.938. The van der Waals surface area contributed by atoms with Crippen molar-refractivity contribution >= 4 is 10.0 Å². The van der Waals surface area contributed by atoms with E-state index in [9.17, 15) is 8.42 Å². The summed E-state index contributed by atoms with van der Waals surface area (Å²) in [6.07, 6.45) is 0.950. The highest BCUT2D eigenvalue weighted by atomic mass is 32.2. The third-order valence-electron chi connectivity index (χ3n) is 4.57. The van der Waals surface area contributed by atoms with Crippen molar-refractivity contribution in [2.75, 3.05) is 13.6 Å². The lowest BCUT2D eigenvalue weighted by Gasteiger charge is -2.26. The van der Waals surface area contributed by atoms with Gasteiger partial charge in [0.15, 0.2) is 0 Å². The molecule has 0 spiro atoms. The Morgan fingerprint density at radius 1 is 1.09 bits per heavy atom. The monoisotopic (exact) mass is 330 g/mol. The molecule has 2 aromatic carbocycles. The second kappa shape index (κ2) is 6.43. The minimum Gasteiger partial charge on any atom is -0.312 e. The summed E-state index contributed by atoms with van der Waals surface area (Å²) in [5, 5.41) is 3.29. The van der Waals surface area contributed by atoms with Gasteiger partial charge in [0, 0.05) is 19.6 Å². The molecule has 1 N–H and O–H groups in total. The number of fused-ring (bicyclic) bond motifs is 1. The van der Waals surface area contributed by atoms with Crippen LogP contribution in [0.1, 0.15) is 29.7 Å². The van der Waals surface area contributed by atoms with Gasteiger partial charge in [0.1, 0.15) is 0 Å². The van der Waals surface area contributed by atoms with Crippen molar-refractivity contribution in [2.45, 2.75) is 30.8 Å². The zero-order valence-electron chi connectivity index (χ0n) is 13.5. The van der Waals surface area contributed by atoms with Gasteiger partial charge in [0.05, 0.1) is 4.90 Å². The molecule has 0 aromatic heterocycles. The van der Waals surface area contributed by atoms with Crippen molar-refractivity contribution in [1.29, 1.82) is 0 Å². The number of benzene rings is 2. The molecule has 1 atom stereocenters. The highest BCUT2D eigenvalue weighted by Crippen LogP contribution is 2.27. The van der Waals surface area contributed by atoms with Crippen molar-refractivity contribution < 1.29 is 8.42 Å². The van der Waals surface area contributed by atoms with Gasteiger partial charge < -0.3 is 5.32 Å². The van der Waals surface area contributed by atoms with Crippen molar-refractivity contribution in [2.24, 2.45) is 0 Å². The predicted octanol–water partition coefficient (Wildman–Crippen LogP) is 2.71. The molecule has 0 amide bonds. The predicted molar refractivity (Wildman–Crippen MR) is 91.7 cm³/mol. The van der Waals surface area contributed by atoms with E-state index in [0.29, 0.717) is 4.90 Å². The van der Waals surface area contributed by atoms with E-state index in [2.05, 4.69) is 5.32 Å². The maximum atomic E-state index is 12.9. The largest absolute Gasteiger partial charge is 0.312 e. The first-order valence-corrected chi connectivity index (χ1v) is 9.29. The summed E-state index contributed by atoms with van der Waals surface area (Å²) in [5.74, 6) is 0. The first-order valence-electron chi connectivity index (χ1n) is 7.85. The number of nitrogens with one attached hydrogen (secondary N) is 1. The molecule has 1 aliphatic rings. The van der Waals surface area contributed by atoms with Gasteiger partial charge in [-0.3, -0.25) is 0 Å². The average Bonchev–Trinajstić information content (AvgIpc) is 2.60. The second-order valence-corrected chi connectivity index (χ2v) is 7.96. The van der Waals surface area contributed by atoms with E-state index >= 15 is 0 Å². The molecule has 1 aliphatic heterocycles. The van der Waals surface area contributed by atoms with E-state index in [4.69, 9.17) is 0 Å². The lowest BCUT2D eigenvalue weighted by molar-refractivity contribution is 0.398. The minimum atomic E-state index is -3.51. The van der Waals surface area contributed by atoms with Crippen LogP contribution in [0.4, 0.5) is 0 Å². The summed E-state index contributed by atoms with van der Waals surface area (Å²) in [4.78, 5) is 0.366. The fourth-order valence-corrected chi connectivity index (χ4v) is 4.33. The fourth-order valence-electron chi connectivity index (χ4n) is 2.93. The molecule has 122 valence electrons. The Hall–Kier alpha value is -1.69. The molecule has 3 rings (SSSR count). The van der Waals surface area contributed by atoms with Gasteiger partial charge in [-0.25, -0.2) is 8.42 Å². The van der Waals surface area contributed by atoms with Gasteiger partial charge in [-0.1, -0.05) is 36.4 Å². The second-order valence-electron chi connectivity index (χ2n) is 5.97. The number of rotatable bonds is 4. The van der Waals surface area contributed by atoms with Crippen LogP contribution in [0.5, 0.6) is 0 Å². The number of hydrogen-bond acceptors (Lipinski definition) is 3. The normalized spacial score (nSPS) is 16.1. The van der Waals surface area contributed by atoms with Crippen LogP contribution in [-0.2, 0) is 23.0 Å². The lowest BCUT2D eigenvalue weighted by atomic mass is 10.0. The molecule has 23 heavy (non-hydrogen) atoms. The minimum absolute atomic E-state index is 0.213. The topological polar surface area (TPSA) is 49.4 Å². The van der Waals surface area contributed by atoms with Crippen LogP contribution in [-0.4, -0.2) is 26.3 Å². The first-order chi connectivity index (χ1) is 11.0. The van der Waals surface area contributed by atoms with Gasteiger partial charge in [0.25, 0.3) is 0 Å². The molecular formula is C18H22N2O2S. The highest BCUT2D eigenvalue weighted by molar-refractivity contribution is 7.89. The maximum Gasteiger partial charge on any atom is 0.243 e. The molecule has 4 nitrogen and oxygen atoms in total. The zero-order chi connectivity index (χ0) is 16.4. The summed E-state index contributed by atoms with van der Waals surface area (Å²) in [6.45, 7) is 3.59. The fraction of sp³-hybridized carbons (Fsp3) is 0.333. The lowest BCUT2D eigenvalue weighted by Crippen LogP contribution is -2.30. The summed E-state index contributed by atoms with van der Waals surface area (Å²) in [5.41, 5.74) is 3.30. The van der Waals surface area contributed by atoms with Crippen molar-refractivity contribution in [3.63, 3.8) is 0 Å². The first kappa shape index (κ1) is 16.2.